The summed E-state index contributed by atoms with van der Waals surface area (Å²) in [4.78, 5) is 13.6. The number of hydrogen-bond acceptors (Lipinski definition) is 5. The zero-order valence-corrected chi connectivity index (χ0v) is 25.2. The molecule has 5 aromatic heterocycles. The molecule has 0 aliphatic rings. The summed E-state index contributed by atoms with van der Waals surface area (Å²) in [6, 6.07) is 28.9. The van der Waals surface area contributed by atoms with Crippen molar-refractivity contribution in [2.24, 2.45) is 0 Å². The predicted molar refractivity (Wildman–Crippen MR) is 156 cm³/mol. The van der Waals surface area contributed by atoms with Crippen LogP contribution in [0.25, 0.3) is 54.8 Å². The number of thiophene rings is 1. The minimum atomic E-state index is 0. The quantitative estimate of drug-likeness (QED) is 0.169. The van der Waals surface area contributed by atoms with E-state index in [-0.39, 0.29) is 20.1 Å². The Bertz CT molecular complexity index is 1920. The Morgan fingerprint density at radius 2 is 1.67 bits per heavy atom. The summed E-state index contributed by atoms with van der Waals surface area (Å²) in [5.74, 6) is 0. The summed E-state index contributed by atoms with van der Waals surface area (Å²) < 4.78 is 7.22. The summed E-state index contributed by atoms with van der Waals surface area (Å²) in [7, 11) is 0. The summed E-state index contributed by atoms with van der Waals surface area (Å²) in [5, 5.41) is 4.13. The fourth-order valence-corrected chi connectivity index (χ4v) is 5.06. The first-order valence-electron chi connectivity index (χ1n) is 12.4. The molecule has 0 saturated heterocycles. The monoisotopic (exact) mass is 704 g/mol. The Kier molecular flexibility index (Phi) is 7.71. The van der Waals surface area contributed by atoms with E-state index in [4.69, 9.17) is 9.40 Å². The summed E-state index contributed by atoms with van der Waals surface area (Å²) in [6.07, 6.45) is 1.92. The van der Waals surface area contributed by atoms with Crippen LogP contribution in [0, 0.1) is 39.8 Å². The molecule has 39 heavy (non-hydrogen) atoms. The molecule has 0 N–H and O–H groups in total. The fourth-order valence-electron chi connectivity index (χ4n) is 4.33. The number of furan rings is 1. The summed E-state index contributed by atoms with van der Waals surface area (Å²) in [5.41, 5.74) is 10.9. The van der Waals surface area contributed by atoms with E-state index in [0.29, 0.717) is 5.71 Å². The van der Waals surface area contributed by atoms with E-state index < -0.39 is 0 Å². The molecular weight excluding hydrogens is 679 g/mol. The molecule has 7 rings (SSSR count). The Balaban J connectivity index is 0.000000169. The number of pyridine rings is 3. The molecule has 0 aliphatic carbocycles. The van der Waals surface area contributed by atoms with Crippen LogP contribution in [0.2, 0.25) is 0 Å². The molecule has 5 heterocycles. The number of fused-ring (bicyclic) bond motifs is 4. The molecule has 0 atom stereocenters. The molecule has 0 fully saturated rings. The Morgan fingerprint density at radius 3 is 2.46 bits per heavy atom. The van der Waals surface area contributed by atoms with E-state index in [1.54, 1.807) is 11.3 Å². The Labute approximate surface area is 245 Å². The van der Waals surface area contributed by atoms with E-state index in [1.165, 1.54) is 21.4 Å². The van der Waals surface area contributed by atoms with Gasteiger partial charge >= 0.3 is 0 Å². The van der Waals surface area contributed by atoms with Gasteiger partial charge < -0.3 is 9.40 Å². The van der Waals surface area contributed by atoms with Gasteiger partial charge in [-0.2, -0.15) is 0 Å². The van der Waals surface area contributed by atoms with Gasteiger partial charge in [-0.05, 0) is 67.4 Å². The van der Waals surface area contributed by atoms with E-state index >= 15 is 0 Å². The van der Waals surface area contributed by atoms with E-state index in [1.807, 2.05) is 49.5 Å². The van der Waals surface area contributed by atoms with Gasteiger partial charge in [0.05, 0.1) is 15.8 Å². The average molecular weight is 704 g/mol. The third-order valence-electron chi connectivity index (χ3n) is 6.62. The maximum absolute atomic E-state index is 6.03. The molecule has 1 radical (unpaired) electrons. The zero-order valence-electron chi connectivity index (χ0n) is 22.0. The van der Waals surface area contributed by atoms with Crippen LogP contribution in [-0.2, 0) is 20.1 Å². The van der Waals surface area contributed by atoms with Crippen molar-refractivity contribution in [2.45, 2.75) is 27.7 Å². The van der Waals surface area contributed by atoms with E-state index in [9.17, 15) is 0 Å². The third-order valence-corrected chi connectivity index (χ3v) is 7.49. The van der Waals surface area contributed by atoms with E-state index in [2.05, 4.69) is 78.6 Å². The molecular formula is C33H25IrN3OS-2. The van der Waals surface area contributed by atoms with Crippen LogP contribution in [0.4, 0.5) is 0 Å². The van der Waals surface area contributed by atoms with Crippen molar-refractivity contribution in [1.82, 2.24) is 15.0 Å². The van der Waals surface area contributed by atoms with Gasteiger partial charge in [0.2, 0.25) is 5.71 Å². The molecule has 195 valence electrons. The van der Waals surface area contributed by atoms with Crippen molar-refractivity contribution >= 4 is 43.6 Å². The van der Waals surface area contributed by atoms with Gasteiger partial charge in [-0.1, -0.05) is 35.6 Å². The fraction of sp³-hybridized carbons (Fsp3) is 0.121. The second-order valence-corrected chi connectivity index (χ2v) is 10.4. The van der Waals surface area contributed by atoms with Gasteiger partial charge in [0, 0.05) is 37.4 Å². The molecule has 7 aromatic rings. The van der Waals surface area contributed by atoms with Crippen LogP contribution < -0.4 is 0 Å². The van der Waals surface area contributed by atoms with Gasteiger partial charge in [0.25, 0.3) is 0 Å². The first-order valence-corrected chi connectivity index (χ1v) is 13.3. The smallest absolute Gasteiger partial charge is 0.216 e. The van der Waals surface area contributed by atoms with Crippen LogP contribution >= 0.6 is 11.3 Å². The molecule has 2 aromatic carbocycles. The minimum Gasteiger partial charge on any atom is -0.486 e. The molecule has 0 aliphatic heterocycles. The molecule has 0 unspecified atom stereocenters. The van der Waals surface area contributed by atoms with Gasteiger partial charge in [-0.15, -0.1) is 64.9 Å². The maximum Gasteiger partial charge on any atom is 0.216 e. The van der Waals surface area contributed by atoms with Crippen molar-refractivity contribution < 1.29 is 24.5 Å². The second-order valence-electron chi connectivity index (χ2n) is 9.44. The Hall–Kier alpha value is -3.70. The molecule has 0 bridgehead atoms. The van der Waals surface area contributed by atoms with E-state index in [0.717, 1.165) is 50.1 Å². The molecule has 0 amide bonds. The molecule has 6 heteroatoms. The molecule has 0 spiro atoms. The van der Waals surface area contributed by atoms with Crippen molar-refractivity contribution in [3.8, 4) is 22.5 Å². The number of nitrogens with zero attached hydrogens (tertiary/aromatic N) is 3. The van der Waals surface area contributed by atoms with Crippen LogP contribution in [0.1, 0.15) is 22.4 Å². The predicted octanol–water partition coefficient (Wildman–Crippen LogP) is 8.84. The summed E-state index contributed by atoms with van der Waals surface area (Å²) >= 11 is 1.69. The summed E-state index contributed by atoms with van der Waals surface area (Å²) in [6.45, 7) is 8.21. The first-order chi connectivity index (χ1) is 18.5. The van der Waals surface area contributed by atoms with Crippen molar-refractivity contribution in [3.63, 3.8) is 0 Å². The van der Waals surface area contributed by atoms with Crippen LogP contribution in [0.5, 0.6) is 0 Å². The van der Waals surface area contributed by atoms with Gasteiger partial charge in [-0.25, -0.2) is 4.98 Å². The third kappa shape index (κ3) is 5.41. The number of aromatic nitrogens is 3. The van der Waals surface area contributed by atoms with Crippen LogP contribution in [0.3, 0.4) is 0 Å². The van der Waals surface area contributed by atoms with Crippen molar-refractivity contribution in [1.29, 1.82) is 0 Å². The molecule has 0 saturated carbocycles. The average Bonchev–Trinajstić information content (AvgIpc) is 3.54. The number of hydrogen-bond donors (Lipinski definition) is 0. The topological polar surface area (TPSA) is 51.8 Å². The largest absolute Gasteiger partial charge is 0.486 e. The number of rotatable bonds is 2. The minimum absolute atomic E-state index is 0. The van der Waals surface area contributed by atoms with Gasteiger partial charge in [0.15, 0.2) is 0 Å². The Morgan fingerprint density at radius 1 is 0.795 bits per heavy atom. The standard InChI is InChI=1S/C19H11N2OS.C14H14N.Ir/c1-11-5-6-13-12-3-2-4-14(18(12)22-19(13)20-11)15-7-8-17-16(21-15)9-10-23-17;1-10-4-6-13(7-5-10)14-8-11(2)12(3)9-15-14;/h2-3,5-10H,1H3;4-6,8-9H,1-3H3;/q2*-1;. The first kappa shape index (κ1) is 26.9. The van der Waals surface area contributed by atoms with Gasteiger partial charge in [0.1, 0.15) is 0 Å². The SMILES string of the molecule is Cc1c[c-]c(-c2cc(C)c(C)cn2)cc1.Cc1ccc2c(n1)oc1c(-c3ccc4sccc4n3)[c-]ccc12.[Ir]. The maximum atomic E-state index is 6.03. The normalized spacial score (nSPS) is 10.9. The van der Waals surface area contributed by atoms with Crippen molar-refractivity contribution in [2.75, 3.05) is 0 Å². The van der Waals surface area contributed by atoms with Gasteiger partial charge in [-0.3, -0.25) is 4.98 Å². The van der Waals surface area contributed by atoms with Crippen LogP contribution in [-0.4, -0.2) is 15.0 Å². The number of benzene rings is 2. The zero-order chi connectivity index (χ0) is 26.2. The number of aryl methyl sites for hydroxylation is 4. The van der Waals surface area contributed by atoms with Crippen LogP contribution in [0.15, 0.2) is 82.7 Å². The van der Waals surface area contributed by atoms with Crippen molar-refractivity contribution in [3.05, 3.63) is 113 Å². The second kappa shape index (κ2) is 11.2. The molecule has 4 nitrogen and oxygen atoms in total.